The maximum atomic E-state index is 13.5. The SMILES string of the molecule is Nc1ncnc2c1ncn2[C@]1(S(=O)(=O)NC(=O)c2ccccc2)O[C@H](CO)[C@@H](O)[C@H]1O. The number of ether oxygens (including phenoxy) is 1. The van der Waals surface area contributed by atoms with Gasteiger partial charge in [0, 0.05) is 5.56 Å². The van der Waals surface area contributed by atoms with Crippen molar-refractivity contribution in [1.29, 1.82) is 0 Å². The Morgan fingerprint density at radius 2 is 1.94 bits per heavy atom. The summed E-state index contributed by atoms with van der Waals surface area (Å²) in [5.41, 5.74) is 5.64. The van der Waals surface area contributed by atoms with Crippen molar-refractivity contribution in [3.05, 3.63) is 48.5 Å². The molecule has 0 spiro atoms. The summed E-state index contributed by atoms with van der Waals surface area (Å²) < 4.78 is 35.1. The lowest BCUT2D eigenvalue weighted by Gasteiger charge is -2.32. The van der Waals surface area contributed by atoms with E-state index in [0.29, 0.717) is 0 Å². The lowest BCUT2D eigenvalue weighted by molar-refractivity contribution is -0.0847. The molecule has 1 aliphatic rings. The molecule has 0 aliphatic carbocycles. The summed E-state index contributed by atoms with van der Waals surface area (Å²) in [5.74, 6) is -1.08. The van der Waals surface area contributed by atoms with E-state index in [1.165, 1.54) is 24.3 Å². The Kier molecular flexibility index (Phi) is 5.10. The Balaban J connectivity index is 1.89. The van der Waals surface area contributed by atoms with Gasteiger partial charge in [-0.25, -0.2) is 28.1 Å². The summed E-state index contributed by atoms with van der Waals surface area (Å²) in [6.07, 6.45) is -3.43. The summed E-state index contributed by atoms with van der Waals surface area (Å²) in [6.45, 7) is -0.814. The van der Waals surface area contributed by atoms with Crippen molar-refractivity contribution in [3.63, 3.8) is 0 Å². The minimum Gasteiger partial charge on any atom is -0.394 e. The van der Waals surface area contributed by atoms with Crippen LogP contribution in [0.2, 0.25) is 0 Å². The number of carbonyl (C=O) groups excluding carboxylic acids is 1. The van der Waals surface area contributed by atoms with Crippen molar-refractivity contribution < 1.29 is 33.3 Å². The molecular weight excluding hydrogens is 432 g/mol. The third kappa shape index (κ3) is 3.12. The van der Waals surface area contributed by atoms with Crippen molar-refractivity contribution in [3.8, 4) is 0 Å². The van der Waals surface area contributed by atoms with Gasteiger partial charge < -0.3 is 25.8 Å². The average Bonchev–Trinajstić information content (AvgIpc) is 3.30. The van der Waals surface area contributed by atoms with Crippen molar-refractivity contribution in [1.82, 2.24) is 24.2 Å². The molecule has 0 radical (unpaired) electrons. The molecule has 6 N–H and O–H groups in total. The zero-order valence-corrected chi connectivity index (χ0v) is 16.5. The molecule has 1 fully saturated rings. The van der Waals surface area contributed by atoms with Gasteiger partial charge in [0.05, 0.1) is 6.61 Å². The second-order valence-electron chi connectivity index (χ2n) is 6.75. The van der Waals surface area contributed by atoms with Gasteiger partial charge in [-0.1, -0.05) is 18.2 Å². The van der Waals surface area contributed by atoms with E-state index in [-0.39, 0.29) is 22.5 Å². The minimum absolute atomic E-state index is 0.00389. The first-order chi connectivity index (χ1) is 14.7. The third-order valence-corrected chi connectivity index (χ3v) is 6.68. The van der Waals surface area contributed by atoms with Gasteiger partial charge in [-0.3, -0.25) is 9.36 Å². The first-order valence-corrected chi connectivity index (χ1v) is 10.4. The number of nitrogens with two attached hydrogens (primary N) is 1. The van der Waals surface area contributed by atoms with Crippen LogP contribution in [-0.2, 0) is 19.8 Å². The number of nitrogens with one attached hydrogen (secondary N) is 1. The molecule has 4 rings (SSSR count). The fourth-order valence-electron chi connectivity index (χ4n) is 3.40. The van der Waals surface area contributed by atoms with E-state index in [9.17, 15) is 28.5 Å². The molecule has 3 aromatic rings. The van der Waals surface area contributed by atoms with Gasteiger partial charge in [-0.05, 0) is 12.1 Å². The quantitative estimate of drug-likeness (QED) is 0.285. The van der Waals surface area contributed by atoms with Gasteiger partial charge in [0.1, 0.15) is 36.5 Å². The van der Waals surface area contributed by atoms with Crippen molar-refractivity contribution in [2.45, 2.75) is 23.4 Å². The van der Waals surface area contributed by atoms with E-state index in [4.69, 9.17) is 10.5 Å². The van der Waals surface area contributed by atoms with Crippen LogP contribution < -0.4 is 10.5 Å². The number of benzene rings is 1. The Bertz CT molecular complexity index is 1230. The first-order valence-electron chi connectivity index (χ1n) is 8.93. The molecule has 3 heterocycles. The molecular formula is C17H18N6O7S. The molecule has 2 aromatic heterocycles. The number of rotatable bonds is 5. The van der Waals surface area contributed by atoms with Gasteiger partial charge in [0.2, 0.25) is 0 Å². The second kappa shape index (κ2) is 7.51. The second-order valence-corrected chi connectivity index (χ2v) is 8.55. The molecule has 1 aromatic carbocycles. The molecule has 0 unspecified atom stereocenters. The number of imidazole rings is 1. The van der Waals surface area contributed by atoms with Crippen LogP contribution in [0.15, 0.2) is 43.0 Å². The van der Waals surface area contributed by atoms with Crippen LogP contribution in [0, 0.1) is 0 Å². The first kappa shape index (κ1) is 21.1. The number of fused-ring (bicyclic) bond motifs is 1. The predicted octanol–water partition coefficient (Wildman–Crippen LogP) is -2.11. The number of anilines is 1. The van der Waals surface area contributed by atoms with E-state index in [2.05, 4.69) is 15.0 Å². The van der Waals surface area contributed by atoms with Gasteiger partial charge in [-0.15, -0.1) is 0 Å². The molecule has 1 amide bonds. The van der Waals surface area contributed by atoms with Crippen molar-refractivity contribution >= 4 is 32.9 Å². The number of nitrogens with zero attached hydrogens (tertiary/aromatic N) is 4. The number of hydrogen-bond acceptors (Lipinski definition) is 11. The largest absolute Gasteiger partial charge is 0.394 e. The van der Waals surface area contributed by atoms with Gasteiger partial charge in [0.25, 0.3) is 15.9 Å². The van der Waals surface area contributed by atoms with Crippen LogP contribution in [0.25, 0.3) is 11.2 Å². The summed E-state index contributed by atoms with van der Waals surface area (Å²) >= 11 is 0. The van der Waals surface area contributed by atoms with E-state index in [1.807, 2.05) is 4.72 Å². The minimum atomic E-state index is -4.94. The van der Waals surface area contributed by atoms with E-state index < -0.39 is 45.9 Å². The number of aliphatic hydroxyl groups is 3. The van der Waals surface area contributed by atoms with Crippen LogP contribution >= 0.6 is 0 Å². The smallest absolute Gasteiger partial charge is 0.300 e. The van der Waals surface area contributed by atoms with Crippen LogP contribution in [0.4, 0.5) is 5.82 Å². The van der Waals surface area contributed by atoms with E-state index >= 15 is 0 Å². The van der Waals surface area contributed by atoms with E-state index in [0.717, 1.165) is 17.2 Å². The lowest BCUT2D eigenvalue weighted by Crippen LogP contribution is -2.56. The number of aliphatic hydroxyl groups excluding tert-OH is 3. The normalized spacial score (nSPS) is 26.2. The Morgan fingerprint density at radius 1 is 1.23 bits per heavy atom. The topological polar surface area (TPSA) is 203 Å². The number of nitrogen functional groups attached to an aromatic ring is 1. The Hall–Kier alpha value is -3.17. The van der Waals surface area contributed by atoms with Gasteiger partial charge >= 0.3 is 5.06 Å². The number of aromatic nitrogens is 4. The summed E-state index contributed by atoms with van der Waals surface area (Å²) in [7, 11) is -4.94. The molecule has 1 saturated heterocycles. The highest BCUT2D eigenvalue weighted by atomic mass is 32.2. The number of carbonyl (C=O) groups is 1. The highest BCUT2D eigenvalue weighted by molar-refractivity contribution is 7.90. The van der Waals surface area contributed by atoms with Gasteiger partial charge in [0.15, 0.2) is 11.5 Å². The average molecular weight is 450 g/mol. The Labute approximate surface area is 175 Å². The van der Waals surface area contributed by atoms with Crippen LogP contribution in [0.1, 0.15) is 10.4 Å². The third-order valence-electron chi connectivity index (χ3n) is 4.92. The van der Waals surface area contributed by atoms with E-state index in [1.54, 1.807) is 6.07 Å². The number of sulfonamides is 1. The summed E-state index contributed by atoms with van der Waals surface area (Å²) in [5, 5.41) is 27.8. The number of amides is 1. The lowest BCUT2D eigenvalue weighted by atomic mass is 10.1. The van der Waals surface area contributed by atoms with Crippen LogP contribution in [-0.4, -0.2) is 74.1 Å². The van der Waals surface area contributed by atoms with Crippen LogP contribution in [0.3, 0.4) is 0 Å². The monoisotopic (exact) mass is 450 g/mol. The van der Waals surface area contributed by atoms with Crippen LogP contribution in [0.5, 0.6) is 0 Å². The highest BCUT2D eigenvalue weighted by Crippen LogP contribution is 2.41. The molecule has 4 atom stereocenters. The molecule has 14 heteroatoms. The molecule has 0 saturated carbocycles. The van der Waals surface area contributed by atoms with Gasteiger partial charge in [-0.2, -0.15) is 0 Å². The highest BCUT2D eigenvalue weighted by Gasteiger charge is 2.65. The number of hydrogen-bond donors (Lipinski definition) is 5. The summed E-state index contributed by atoms with van der Waals surface area (Å²) in [6, 6.07) is 7.48. The molecule has 13 nitrogen and oxygen atoms in total. The zero-order chi connectivity index (χ0) is 22.4. The zero-order valence-electron chi connectivity index (χ0n) is 15.7. The van der Waals surface area contributed by atoms with Crippen molar-refractivity contribution in [2.24, 2.45) is 0 Å². The predicted molar refractivity (Wildman–Crippen MR) is 105 cm³/mol. The summed E-state index contributed by atoms with van der Waals surface area (Å²) in [4.78, 5) is 24.3. The standard InChI is InChI=1S/C17H18N6O7S/c18-14-11-15(20-7-19-14)23(8-21-11)17(13(26)12(25)10(6-24)30-17)31(28,29)22-16(27)9-4-2-1-3-5-9/h1-5,7-8,10,12-13,24-26H,6H2,(H,22,27)(H2,18,19,20)/t10-,12-,13-,17+/m1/s1. The molecule has 1 aliphatic heterocycles. The molecule has 31 heavy (non-hydrogen) atoms. The fraction of sp³-hybridized carbons (Fsp3) is 0.294. The van der Waals surface area contributed by atoms with Crippen molar-refractivity contribution in [2.75, 3.05) is 12.3 Å². The maximum absolute atomic E-state index is 13.5. The molecule has 0 bridgehead atoms. The Morgan fingerprint density at radius 3 is 2.58 bits per heavy atom. The maximum Gasteiger partial charge on any atom is 0.300 e. The molecule has 164 valence electrons. The fourth-order valence-corrected chi connectivity index (χ4v) is 5.00.